The first kappa shape index (κ1) is 13.2. The average molecular weight is 220 g/mol. The predicted octanol–water partition coefficient (Wildman–Crippen LogP) is 3.76. The Kier molecular flexibility index (Phi) is 5.01. The van der Waals surface area contributed by atoms with Gasteiger partial charge in [-0.25, -0.2) is 0 Å². The van der Waals surface area contributed by atoms with E-state index in [-0.39, 0.29) is 12.0 Å². The highest BCUT2D eigenvalue weighted by atomic mass is 16.3. The Morgan fingerprint density at radius 2 is 1.62 bits per heavy atom. The van der Waals surface area contributed by atoms with Crippen LogP contribution in [0.5, 0.6) is 0 Å². The first-order valence-corrected chi connectivity index (χ1v) is 6.41. The van der Waals surface area contributed by atoms with Gasteiger partial charge in [-0.05, 0) is 17.9 Å². The molecule has 90 valence electrons. The topological polar surface area (TPSA) is 20.2 Å². The molecule has 1 aromatic carbocycles. The van der Waals surface area contributed by atoms with E-state index in [1.807, 2.05) is 6.07 Å². The number of aliphatic hydroxyl groups is 1. The van der Waals surface area contributed by atoms with Crippen LogP contribution in [0.25, 0.3) is 0 Å². The van der Waals surface area contributed by atoms with Crippen LogP contribution in [0.2, 0.25) is 0 Å². The van der Waals surface area contributed by atoms with Gasteiger partial charge in [-0.15, -0.1) is 0 Å². The smallest absolute Gasteiger partial charge is 0.0530 e. The minimum absolute atomic E-state index is 0.0508. The standard InChI is InChI=1S/C15H24O/c1-4-13(5-2)15(6-3,12-16)14-10-8-7-9-11-14/h7-11,13,16H,4-6,12H2,1-3H3. The van der Waals surface area contributed by atoms with E-state index >= 15 is 0 Å². The fourth-order valence-electron chi connectivity index (χ4n) is 2.90. The lowest BCUT2D eigenvalue weighted by Gasteiger charge is -2.38. The van der Waals surface area contributed by atoms with E-state index in [1.54, 1.807) is 0 Å². The van der Waals surface area contributed by atoms with Gasteiger partial charge >= 0.3 is 0 Å². The van der Waals surface area contributed by atoms with Crippen molar-refractivity contribution < 1.29 is 5.11 Å². The van der Waals surface area contributed by atoms with E-state index in [0.717, 1.165) is 19.3 Å². The molecule has 0 radical (unpaired) electrons. The molecule has 0 aliphatic heterocycles. The Labute approximate surface area is 99.5 Å². The SMILES string of the molecule is CCC(CC)C(CC)(CO)c1ccccc1. The summed E-state index contributed by atoms with van der Waals surface area (Å²) in [5.74, 6) is 0.560. The molecular weight excluding hydrogens is 196 g/mol. The second-order valence-corrected chi connectivity index (χ2v) is 4.55. The number of rotatable bonds is 6. The highest BCUT2D eigenvalue weighted by Gasteiger charge is 2.36. The zero-order valence-corrected chi connectivity index (χ0v) is 10.7. The van der Waals surface area contributed by atoms with E-state index in [4.69, 9.17) is 0 Å². The van der Waals surface area contributed by atoms with E-state index in [2.05, 4.69) is 45.0 Å². The van der Waals surface area contributed by atoms with Crippen LogP contribution in [0.4, 0.5) is 0 Å². The van der Waals surface area contributed by atoms with Crippen LogP contribution >= 0.6 is 0 Å². The Hall–Kier alpha value is -0.820. The Morgan fingerprint density at radius 1 is 1.06 bits per heavy atom. The molecule has 1 N–H and O–H groups in total. The lowest BCUT2D eigenvalue weighted by atomic mass is 9.67. The molecule has 0 aliphatic carbocycles. The van der Waals surface area contributed by atoms with Gasteiger partial charge in [0.25, 0.3) is 0 Å². The summed E-state index contributed by atoms with van der Waals surface area (Å²) in [4.78, 5) is 0. The fourth-order valence-corrected chi connectivity index (χ4v) is 2.90. The first-order valence-electron chi connectivity index (χ1n) is 6.41. The van der Waals surface area contributed by atoms with Gasteiger partial charge in [0.05, 0.1) is 6.61 Å². The molecule has 1 unspecified atom stereocenters. The minimum Gasteiger partial charge on any atom is -0.395 e. The predicted molar refractivity (Wildman–Crippen MR) is 69.6 cm³/mol. The number of hydrogen-bond acceptors (Lipinski definition) is 1. The van der Waals surface area contributed by atoms with Gasteiger partial charge in [-0.2, -0.15) is 0 Å². The minimum atomic E-state index is -0.0508. The second-order valence-electron chi connectivity index (χ2n) is 4.55. The maximum Gasteiger partial charge on any atom is 0.0530 e. The molecule has 1 aromatic rings. The van der Waals surface area contributed by atoms with Crippen molar-refractivity contribution in [1.82, 2.24) is 0 Å². The maximum absolute atomic E-state index is 9.86. The van der Waals surface area contributed by atoms with Gasteiger partial charge in [-0.3, -0.25) is 0 Å². The van der Waals surface area contributed by atoms with Gasteiger partial charge in [0, 0.05) is 5.41 Å². The fraction of sp³-hybridized carbons (Fsp3) is 0.600. The highest BCUT2D eigenvalue weighted by Crippen LogP contribution is 2.39. The summed E-state index contributed by atoms with van der Waals surface area (Å²) in [6, 6.07) is 10.5. The molecule has 0 heterocycles. The van der Waals surface area contributed by atoms with Gasteiger partial charge < -0.3 is 5.11 Å². The molecule has 1 rings (SSSR count). The second kappa shape index (κ2) is 6.05. The monoisotopic (exact) mass is 220 g/mol. The first-order chi connectivity index (χ1) is 7.75. The van der Waals surface area contributed by atoms with E-state index < -0.39 is 0 Å². The molecule has 1 atom stereocenters. The van der Waals surface area contributed by atoms with Crippen LogP contribution < -0.4 is 0 Å². The molecule has 0 fully saturated rings. The summed E-state index contributed by atoms with van der Waals surface area (Å²) in [5, 5.41) is 9.86. The van der Waals surface area contributed by atoms with Crippen LogP contribution in [0.15, 0.2) is 30.3 Å². The molecule has 16 heavy (non-hydrogen) atoms. The van der Waals surface area contributed by atoms with Crippen molar-refractivity contribution in [3.8, 4) is 0 Å². The number of aliphatic hydroxyl groups excluding tert-OH is 1. The Balaban J connectivity index is 3.14. The third-order valence-electron chi connectivity index (χ3n) is 4.03. The quantitative estimate of drug-likeness (QED) is 0.774. The van der Waals surface area contributed by atoms with Crippen LogP contribution in [0, 0.1) is 5.92 Å². The molecule has 0 bridgehead atoms. The van der Waals surface area contributed by atoms with Crippen LogP contribution in [0.3, 0.4) is 0 Å². The largest absolute Gasteiger partial charge is 0.395 e. The molecule has 0 amide bonds. The lowest BCUT2D eigenvalue weighted by molar-refractivity contribution is 0.123. The van der Waals surface area contributed by atoms with Crippen molar-refractivity contribution in [2.45, 2.75) is 45.4 Å². The van der Waals surface area contributed by atoms with Crippen molar-refractivity contribution in [1.29, 1.82) is 0 Å². The van der Waals surface area contributed by atoms with Crippen LogP contribution in [0.1, 0.15) is 45.6 Å². The molecule has 0 aromatic heterocycles. The van der Waals surface area contributed by atoms with Crippen LogP contribution in [-0.4, -0.2) is 11.7 Å². The average Bonchev–Trinajstić information content (AvgIpc) is 2.37. The summed E-state index contributed by atoms with van der Waals surface area (Å²) < 4.78 is 0. The summed E-state index contributed by atoms with van der Waals surface area (Å²) in [6.07, 6.45) is 3.25. The Morgan fingerprint density at radius 3 is 2.00 bits per heavy atom. The van der Waals surface area contributed by atoms with Crippen LogP contribution in [-0.2, 0) is 5.41 Å². The maximum atomic E-state index is 9.86. The van der Waals surface area contributed by atoms with E-state index in [1.165, 1.54) is 5.56 Å². The third kappa shape index (κ3) is 2.30. The third-order valence-corrected chi connectivity index (χ3v) is 4.03. The zero-order chi connectivity index (χ0) is 12.0. The van der Waals surface area contributed by atoms with Crippen molar-refractivity contribution in [2.75, 3.05) is 6.61 Å². The van der Waals surface area contributed by atoms with Crippen molar-refractivity contribution in [3.63, 3.8) is 0 Å². The van der Waals surface area contributed by atoms with Gasteiger partial charge in [0.2, 0.25) is 0 Å². The van der Waals surface area contributed by atoms with Gasteiger partial charge in [0.1, 0.15) is 0 Å². The number of hydrogen-bond donors (Lipinski definition) is 1. The Bertz CT molecular complexity index is 284. The lowest BCUT2D eigenvalue weighted by Crippen LogP contribution is -2.38. The molecule has 0 saturated heterocycles. The van der Waals surface area contributed by atoms with Crippen molar-refractivity contribution in [2.24, 2.45) is 5.92 Å². The molecule has 0 aliphatic rings. The van der Waals surface area contributed by atoms with E-state index in [0.29, 0.717) is 5.92 Å². The summed E-state index contributed by atoms with van der Waals surface area (Å²) in [6.45, 7) is 6.87. The molecular formula is C15H24O. The molecule has 1 nitrogen and oxygen atoms in total. The highest BCUT2D eigenvalue weighted by molar-refractivity contribution is 5.26. The van der Waals surface area contributed by atoms with Gasteiger partial charge in [0.15, 0.2) is 0 Å². The summed E-state index contributed by atoms with van der Waals surface area (Å²) in [5.41, 5.74) is 1.24. The zero-order valence-electron chi connectivity index (χ0n) is 10.7. The van der Waals surface area contributed by atoms with Crippen molar-refractivity contribution in [3.05, 3.63) is 35.9 Å². The number of benzene rings is 1. The van der Waals surface area contributed by atoms with E-state index in [9.17, 15) is 5.11 Å². The molecule has 0 spiro atoms. The summed E-state index contributed by atoms with van der Waals surface area (Å²) in [7, 11) is 0. The van der Waals surface area contributed by atoms with Crippen molar-refractivity contribution >= 4 is 0 Å². The normalized spacial score (nSPS) is 15.1. The molecule has 0 saturated carbocycles. The van der Waals surface area contributed by atoms with Gasteiger partial charge in [-0.1, -0.05) is 63.9 Å². The summed E-state index contributed by atoms with van der Waals surface area (Å²) >= 11 is 0. The molecule has 1 heteroatoms.